The monoisotopic (exact) mass is 194 g/mol. The molecular weight excluding hydrogens is 176 g/mol. The summed E-state index contributed by atoms with van der Waals surface area (Å²) >= 11 is 0. The van der Waals surface area contributed by atoms with Gasteiger partial charge in [-0.25, -0.2) is 0 Å². The smallest absolute Gasteiger partial charge is 0.106 e. The van der Waals surface area contributed by atoms with Crippen molar-refractivity contribution in [2.24, 2.45) is 7.05 Å². The van der Waals surface area contributed by atoms with Crippen molar-refractivity contribution in [3.05, 3.63) is 17.5 Å². The summed E-state index contributed by atoms with van der Waals surface area (Å²) in [6, 6.07) is 0. The Morgan fingerprint density at radius 3 is 2.50 bits per heavy atom. The van der Waals surface area contributed by atoms with Crippen molar-refractivity contribution in [1.29, 1.82) is 0 Å². The Balaban J connectivity index is 2.36. The van der Waals surface area contributed by atoms with Crippen molar-refractivity contribution >= 4 is 0 Å². The predicted octanol–water partition coefficient (Wildman–Crippen LogP) is 1.88. The van der Waals surface area contributed by atoms with Crippen LogP contribution in [0.5, 0.6) is 0 Å². The highest BCUT2D eigenvalue weighted by Crippen LogP contribution is 2.37. The quantitative estimate of drug-likeness (QED) is 0.741. The van der Waals surface area contributed by atoms with Gasteiger partial charge in [0.1, 0.15) is 5.60 Å². The first kappa shape index (κ1) is 9.71. The highest BCUT2D eigenvalue weighted by molar-refractivity contribution is 5.23. The molecule has 1 aliphatic carbocycles. The van der Waals surface area contributed by atoms with Gasteiger partial charge in [0.15, 0.2) is 0 Å². The first-order valence-electron chi connectivity index (χ1n) is 5.35. The zero-order chi connectivity index (χ0) is 10.2. The lowest BCUT2D eigenvalue weighted by molar-refractivity contribution is -0.00847. The average Bonchev–Trinajstić information content (AvgIpc) is 2.48. The fourth-order valence-corrected chi connectivity index (χ4v) is 2.59. The predicted molar refractivity (Wildman–Crippen MR) is 54.9 cm³/mol. The van der Waals surface area contributed by atoms with Crippen LogP contribution in [-0.2, 0) is 12.6 Å². The minimum Gasteiger partial charge on any atom is -0.384 e. The van der Waals surface area contributed by atoms with Crippen LogP contribution in [0.1, 0.15) is 43.4 Å². The van der Waals surface area contributed by atoms with E-state index in [4.69, 9.17) is 0 Å². The minimum absolute atomic E-state index is 0.617. The average molecular weight is 194 g/mol. The molecule has 0 bridgehead atoms. The van der Waals surface area contributed by atoms with Crippen molar-refractivity contribution in [3.63, 3.8) is 0 Å². The van der Waals surface area contributed by atoms with E-state index in [-0.39, 0.29) is 0 Å². The third-order valence-electron chi connectivity index (χ3n) is 3.24. The standard InChI is InChI=1S/C11H18N2O/c1-9-8-12-13(2)10(9)11(14)6-4-3-5-7-11/h8,14H,3-7H2,1-2H3. The maximum Gasteiger partial charge on any atom is 0.106 e. The molecule has 1 aromatic heterocycles. The van der Waals surface area contributed by atoms with E-state index in [1.807, 2.05) is 24.9 Å². The Kier molecular flexibility index (Phi) is 2.35. The maximum absolute atomic E-state index is 10.5. The molecule has 0 spiro atoms. The van der Waals surface area contributed by atoms with Crippen LogP contribution in [-0.4, -0.2) is 14.9 Å². The first-order valence-corrected chi connectivity index (χ1v) is 5.35. The third-order valence-corrected chi connectivity index (χ3v) is 3.24. The van der Waals surface area contributed by atoms with Crippen LogP contribution in [0.15, 0.2) is 6.20 Å². The lowest BCUT2D eigenvalue weighted by Gasteiger charge is -2.32. The summed E-state index contributed by atoms with van der Waals surface area (Å²) in [5.74, 6) is 0. The van der Waals surface area contributed by atoms with Crippen LogP contribution >= 0.6 is 0 Å². The van der Waals surface area contributed by atoms with Gasteiger partial charge >= 0.3 is 0 Å². The van der Waals surface area contributed by atoms with Gasteiger partial charge in [0.05, 0.1) is 11.9 Å². The van der Waals surface area contributed by atoms with Crippen LogP contribution in [0.3, 0.4) is 0 Å². The first-order chi connectivity index (χ1) is 6.63. The maximum atomic E-state index is 10.5. The summed E-state index contributed by atoms with van der Waals surface area (Å²) < 4.78 is 1.82. The van der Waals surface area contributed by atoms with E-state index in [9.17, 15) is 5.11 Å². The highest BCUT2D eigenvalue weighted by Gasteiger charge is 2.34. The molecule has 0 atom stereocenters. The van der Waals surface area contributed by atoms with Gasteiger partial charge in [-0.05, 0) is 25.3 Å². The van der Waals surface area contributed by atoms with E-state index < -0.39 is 5.60 Å². The van der Waals surface area contributed by atoms with Gasteiger partial charge < -0.3 is 5.11 Å². The molecule has 1 fully saturated rings. The van der Waals surface area contributed by atoms with Gasteiger partial charge in [0.2, 0.25) is 0 Å². The third kappa shape index (κ3) is 1.46. The second-order valence-electron chi connectivity index (χ2n) is 4.39. The summed E-state index contributed by atoms with van der Waals surface area (Å²) in [5.41, 5.74) is 1.50. The molecule has 1 N–H and O–H groups in total. The van der Waals surface area contributed by atoms with Crippen LogP contribution < -0.4 is 0 Å². The van der Waals surface area contributed by atoms with Crippen LogP contribution in [0, 0.1) is 6.92 Å². The van der Waals surface area contributed by atoms with Crippen LogP contribution in [0.2, 0.25) is 0 Å². The van der Waals surface area contributed by atoms with Crippen LogP contribution in [0.4, 0.5) is 0 Å². The summed E-state index contributed by atoms with van der Waals surface area (Å²) in [7, 11) is 1.91. The number of hydrogen-bond donors (Lipinski definition) is 1. The molecule has 1 heterocycles. The van der Waals surface area contributed by atoms with E-state index >= 15 is 0 Å². The molecule has 0 unspecified atom stereocenters. The van der Waals surface area contributed by atoms with Gasteiger partial charge in [-0.3, -0.25) is 4.68 Å². The summed E-state index contributed by atoms with van der Waals surface area (Å²) in [4.78, 5) is 0. The largest absolute Gasteiger partial charge is 0.384 e. The Labute approximate surface area is 84.7 Å². The fourth-order valence-electron chi connectivity index (χ4n) is 2.59. The normalized spacial score (nSPS) is 21.1. The van der Waals surface area contributed by atoms with E-state index in [1.54, 1.807) is 0 Å². The zero-order valence-electron chi connectivity index (χ0n) is 8.95. The van der Waals surface area contributed by atoms with Gasteiger partial charge in [-0.2, -0.15) is 5.10 Å². The molecule has 1 aliphatic rings. The topological polar surface area (TPSA) is 38.0 Å². The Hall–Kier alpha value is -0.830. The number of aromatic nitrogens is 2. The number of hydrogen-bond acceptors (Lipinski definition) is 2. The van der Waals surface area contributed by atoms with Gasteiger partial charge in [0.25, 0.3) is 0 Å². The van der Waals surface area contributed by atoms with E-state index in [1.165, 1.54) is 6.42 Å². The molecule has 3 heteroatoms. The molecule has 0 aromatic carbocycles. The molecule has 0 saturated heterocycles. The molecule has 1 saturated carbocycles. The summed E-state index contributed by atoms with van der Waals surface area (Å²) in [5, 5.41) is 14.7. The van der Waals surface area contributed by atoms with Gasteiger partial charge in [-0.15, -0.1) is 0 Å². The summed E-state index contributed by atoms with van der Waals surface area (Å²) in [6.45, 7) is 2.02. The van der Waals surface area contributed by atoms with E-state index in [0.29, 0.717) is 0 Å². The molecule has 0 radical (unpaired) electrons. The lowest BCUT2D eigenvalue weighted by Crippen LogP contribution is -2.31. The molecule has 14 heavy (non-hydrogen) atoms. The SMILES string of the molecule is Cc1cnn(C)c1C1(O)CCCCC1. The number of aliphatic hydroxyl groups is 1. The second kappa shape index (κ2) is 3.39. The molecule has 78 valence electrons. The number of rotatable bonds is 1. The van der Waals surface area contributed by atoms with Crippen molar-refractivity contribution in [2.45, 2.75) is 44.6 Å². The van der Waals surface area contributed by atoms with Crippen molar-refractivity contribution in [1.82, 2.24) is 9.78 Å². The van der Waals surface area contributed by atoms with Crippen LogP contribution in [0.25, 0.3) is 0 Å². The van der Waals surface area contributed by atoms with E-state index in [2.05, 4.69) is 5.10 Å². The molecule has 2 rings (SSSR count). The Morgan fingerprint density at radius 2 is 2.00 bits per heavy atom. The second-order valence-corrected chi connectivity index (χ2v) is 4.39. The Morgan fingerprint density at radius 1 is 1.36 bits per heavy atom. The zero-order valence-corrected chi connectivity index (χ0v) is 8.95. The highest BCUT2D eigenvalue weighted by atomic mass is 16.3. The lowest BCUT2D eigenvalue weighted by atomic mass is 9.81. The molecule has 0 amide bonds. The molecule has 1 aromatic rings. The molecular formula is C11H18N2O. The number of aryl methyl sites for hydroxylation is 2. The summed E-state index contributed by atoms with van der Waals surface area (Å²) in [6.07, 6.45) is 7.10. The molecule has 0 aliphatic heterocycles. The number of nitrogens with zero attached hydrogens (tertiary/aromatic N) is 2. The molecule has 3 nitrogen and oxygen atoms in total. The van der Waals surface area contributed by atoms with Gasteiger partial charge in [0, 0.05) is 7.05 Å². The minimum atomic E-state index is -0.617. The fraction of sp³-hybridized carbons (Fsp3) is 0.727. The van der Waals surface area contributed by atoms with Crippen molar-refractivity contribution in [2.75, 3.05) is 0 Å². The Bertz CT molecular complexity index is 305. The van der Waals surface area contributed by atoms with Crippen molar-refractivity contribution in [3.8, 4) is 0 Å². The van der Waals surface area contributed by atoms with E-state index in [0.717, 1.165) is 36.9 Å². The van der Waals surface area contributed by atoms with Crippen molar-refractivity contribution < 1.29 is 5.11 Å². The van der Waals surface area contributed by atoms with Gasteiger partial charge in [-0.1, -0.05) is 19.3 Å².